The normalized spacial score (nSPS) is 14.6. The Labute approximate surface area is 208 Å². The molecule has 1 aromatic heterocycles. The zero-order valence-corrected chi connectivity index (χ0v) is 20.3. The number of hydrogen-bond acceptors (Lipinski definition) is 7. The van der Waals surface area contributed by atoms with Gasteiger partial charge in [-0.25, -0.2) is 9.78 Å². The number of amides is 4. The van der Waals surface area contributed by atoms with E-state index in [1.807, 2.05) is 36.0 Å². The van der Waals surface area contributed by atoms with Gasteiger partial charge in [0.2, 0.25) is 5.91 Å². The van der Waals surface area contributed by atoms with E-state index in [0.717, 1.165) is 36.0 Å². The summed E-state index contributed by atoms with van der Waals surface area (Å²) in [5.41, 5.74) is 2.10. The van der Waals surface area contributed by atoms with Gasteiger partial charge in [-0.15, -0.1) is 0 Å². The van der Waals surface area contributed by atoms with Gasteiger partial charge in [-0.05, 0) is 35.7 Å². The van der Waals surface area contributed by atoms with Crippen molar-refractivity contribution in [2.45, 2.75) is 13.0 Å². The number of anilines is 1. The monoisotopic (exact) mass is 493 g/mol. The second-order valence-electron chi connectivity index (χ2n) is 8.01. The molecule has 0 aliphatic carbocycles. The lowest BCUT2D eigenvalue weighted by atomic mass is 10.1. The van der Waals surface area contributed by atoms with E-state index >= 15 is 0 Å². The molecule has 2 aliphatic rings. The Bertz CT molecular complexity index is 1170. The molecule has 4 rings (SSSR count). The quantitative estimate of drug-likeness (QED) is 0.592. The lowest BCUT2D eigenvalue weighted by molar-refractivity contribution is -0.120. The van der Waals surface area contributed by atoms with Crippen LogP contribution in [0.15, 0.2) is 36.4 Å². The van der Waals surface area contributed by atoms with E-state index in [0.29, 0.717) is 23.6 Å². The van der Waals surface area contributed by atoms with Crippen molar-refractivity contribution in [2.24, 2.45) is 0 Å². The van der Waals surface area contributed by atoms with Gasteiger partial charge in [0.05, 0.1) is 13.7 Å². The molecule has 2 N–H and O–H groups in total. The third kappa shape index (κ3) is 6.45. The van der Waals surface area contributed by atoms with Crippen LogP contribution in [0, 0.1) is 11.8 Å². The average Bonchev–Trinajstić information content (AvgIpc) is 3.20. The largest absolute Gasteiger partial charge is 0.497 e. The lowest BCUT2D eigenvalue weighted by Crippen LogP contribution is -2.41. The number of urea groups is 1. The van der Waals surface area contributed by atoms with Crippen LogP contribution < -0.4 is 20.3 Å². The minimum Gasteiger partial charge on any atom is -0.497 e. The van der Waals surface area contributed by atoms with Crippen LogP contribution in [0.1, 0.15) is 28.0 Å². The highest BCUT2D eigenvalue weighted by atomic mass is 32.2. The number of nitrogens with zero attached hydrogens (tertiary/aromatic N) is 3. The summed E-state index contributed by atoms with van der Waals surface area (Å²) in [6.07, 6.45) is 0.0156. The van der Waals surface area contributed by atoms with Crippen LogP contribution in [-0.4, -0.2) is 72.5 Å². The van der Waals surface area contributed by atoms with Crippen molar-refractivity contribution in [1.29, 1.82) is 0 Å². The summed E-state index contributed by atoms with van der Waals surface area (Å²) in [7, 11) is 1.55. The summed E-state index contributed by atoms with van der Waals surface area (Å²) in [5.74, 6) is 8.88. The van der Waals surface area contributed by atoms with Gasteiger partial charge in [0, 0.05) is 49.7 Å². The van der Waals surface area contributed by atoms with Gasteiger partial charge in [0.1, 0.15) is 17.3 Å². The number of methoxy groups -OCH3 is 1. The third-order valence-electron chi connectivity index (χ3n) is 5.68. The number of imide groups is 1. The Morgan fingerprint density at radius 2 is 2.03 bits per heavy atom. The number of thioether (sulfide) groups is 1. The van der Waals surface area contributed by atoms with Crippen LogP contribution in [0.5, 0.6) is 5.75 Å². The summed E-state index contributed by atoms with van der Waals surface area (Å²) in [6.45, 7) is 2.66. The summed E-state index contributed by atoms with van der Waals surface area (Å²) < 4.78 is 5.17. The molecule has 0 saturated carbocycles. The average molecular weight is 494 g/mol. The number of fused-ring (bicyclic) bond motifs is 1. The molecule has 0 spiro atoms. The molecule has 1 aromatic carbocycles. The van der Waals surface area contributed by atoms with E-state index in [1.165, 1.54) is 0 Å². The van der Waals surface area contributed by atoms with Crippen LogP contribution in [0.4, 0.5) is 10.6 Å². The van der Waals surface area contributed by atoms with Crippen molar-refractivity contribution in [3.63, 3.8) is 0 Å². The van der Waals surface area contributed by atoms with Gasteiger partial charge in [-0.2, -0.15) is 11.8 Å². The second kappa shape index (κ2) is 11.6. The number of benzene rings is 1. The van der Waals surface area contributed by atoms with E-state index in [4.69, 9.17) is 4.74 Å². The molecule has 0 bridgehead atoms. The number of nitrogens with one attached hydrogen (secondary N) is 2. The molecule has 3 heterocycles. The highest BCUT2D eigenvalue weighted by molar-refractivity contribution is 7.99. The van der Waals surface area contributed by atoms with Gasteiger partial charge < -0.3 is 19.9 Å². The third-order valence-corrected chi connectivity index (χ3v) is 6.62. The summed E-state index contributed by atoms with van der Waals surface area (Å²) in [4.78, 5) is 45.1. The second-order valence-corrected chi connectivity index (χ2v) is 9.24. The number of ether oxygens (including phenoxy) is 1. The number of pyridine rings is 1. The molecule has 2 aromatic rings. The summed E-state index contributed by atoms with van der Waals surface area (Å²) in [5, 5.41) is 4.82. The van der Waals surface area contributed by atoms with Gasteiger partial charge in [0.15, 0.2) is 0 Å². The van der Waals surface area contributed by atoms with E-state index in [-0.39, 0.29) is 25.4 Å². The first-order chi connectivity index (χ1) is 17.0. The van der Waals surface area contributed by atoms with E-state index in [1.54, 1.807) is 24.1 Å². The van der Waals surface area contributed by atoms with Crippen LogP contribution in [-0.2, 0) is 11.3 Å². The molecule has 1 saturated heterocycles. The highest BCUT2D eigenvalue weighted by Crippen LogP contribution is 2.26. The first kappa shape index (κ1) is 24.4. The molecule has 182 valence electrons. The van der Waals surface area contributed by atoms with Gasteiger partial charge in [-0.3, -0.25) is 14.9 Å². The molecule has 9 nitrogen and oxygen atoms in total. The van der Waals surface area contributed by atoms with Crippen molar-refractivity contribution < 1.29 is 19.1 Å². The molecular weight excluding hydrogens is 466 g/mol. The zero-order valence-electron chi connectivity index (χ0n) is 19.5. The molecule has 10 heteroatoms. The number of hydrogen-bond donors (Lipinski definition) is 2. The van der Waals surface area contributed by atoms with E-state index in [2.05, 4.69) is 32.4 Å². The Hall–Kier alpha value is -3.71. The summed E-state index contributed by atoms with van der Waals surface area (Å²) >= 11 is 1.94. The Kier molecular flexibility index (Phi) is 8.11. The van der Waals surface area contributed by atoms with E-state index in [9.17, 15) is 14.4 Å². The lowest BCUT2D eigenvalue weighted by Gasteiger charge is -2.27. The van der Waals surface area contributed by atoms with Crippen molar-refractivity contribution in [1.82, 2.24) is 20.5 Å². The SMILES string of the molecule is COc1ccc2c(c1)C(=O)N(CCC(=O)NC(=O)NCC#Cc1cccc(N3CCSCC3)n1)C2. The molecule has 35 heavy (non-hydrogen) atoms. The number of carbonyl (C=O) groups excluding carboxylic acids is 3. The Balaban J connectivity index is 1.18. The predicted molar refractivity (Wildman–Crippen MR) is 135 cm³/mol. The topological polar surface area (TPSA) is 104 Å². The van der Waals surface area contributed by atoms with E-state index < -0.39 is 11.9 Å². The highest BCUT2D eigenvalue weighted by Gasteiger charge is 2.28. The fourth-order valence-corrected chi connectivity index (χ4v) is 4.74. The minimum atomic E-state index is -0.627. The molecular formula is C25H27N5O4S. The van der Waals surface area contributed by atoms with Crippen molar-refractivity contribution >= 4 is 35.4 Å². The maximum Gasteiger partial charge on any atom is 0.322 e. The molecule has 2 aliphatic heterocycles. The predicted octanol–water partition coefficient (Wildman–Crippen LogP) is 1.87. The Morgan fingerprint density at radius 1 is 1.20 bits per heavy atom. The van der Waals surface area contributed by atoms with Gasteiger partial charge in [-0.1, -0.05) is 18.1 Å². The smallest absolute Gasteiger partial charge is 0.322 e. The summed E-state index contributed by atoms with van der Waals surface area (Å²) in [6, 6.07) is 10.4. The van der Waals surface area contributed by atoms with Crippen molar-refractivity contribution in [3.05, 3.63) is 53.2 Å². The molecule has 0 atom stereocenters. The van der Waals surface area contributed by atoms with Gasteiger partial charge in [0.25, 0.3) is 5.91 Å². The standard InChI is InChI=1S/C25H27N5O4S/c1-34-20-8-7-18-17-30(24(32)21(18)16-20)11-9-23(31)28-25(33)26-10-3-5-19-4-2-6-22(27-19)29-12-14-35-15-13-29/h2,4,6-8,16H,9-15,17H2,1H3,(H2,26,28,31,33). The molecule has 0 radical (unpaired) electrons. The van der Waals surface area contributed by atoms with Crippen molar-refractivity contribution in [3.8, 4) is 17.6 Å². The molecule has 1 fully saturated rings. The van der Waals surface area contributed by atoms with Crippen LogP contribution in [0.3, 0.4) is 0 Å². The maximum atomic E-state index is 12.5. The fourth-order valence-electron chi connectivity index (χ4n) is 3.84. The number of carbonyl (C=O) groups is 3. The Morgan fingerprint density at radius 3 is 2.83 bits per heavy atom. The van der Waals surface area contributed by atoms with Crippen LogP contribution in [0.2, 0.25) is 0 Å². The molecule has 4 amide bonds. The zero-order chi connectivity index (χ0) is 24.6. The maximum absolute atomic E-state index is 12.5. The molecule has 0 unspecified atom stereocenters. The number of aromatic nitrogens is 1. The first-order valence-corrected chi connectivity index (χ1v) is 12.5. The van der Waals surface area contributed by atoms with Crippen LogP contribution in [0.25, 0.3) is 0 Å². The van der Waals surface area contributed by atoms with Crippen molar-refractivity contribution in [2.75, 3.05) is 49.7 Å². The first-order valence-electron chi connectivity index (χ1n) is 11.4. The minimum absolute atomic E-state index is 0.0156. The van der Waals surface area contributed by atoms with Crippen LogP contribution >= 0.6 is 11.8 Å². The van der Waals surface area contributed by atoms with Gasteiger partial charge >= 0.3 is 6.03 Å². The number of rotatable bonds is 6. The fraction of sp³-hybridized carbons (Fsp3) is 0.360.